The summed E-state index contributed by atoms with van der Waals surface area (Å²) in [7, 11) is 1.63. The number of rotatable bonds is 5. The molecule has 1 atom stereocenters. The summed E-state index contributed by atoms with van der Waals surface area (Å²) in [5.41, 5.74) is 1.52. The van der Waals surface area contributed by atoms with Crippen LogP contribution < -0.4 is 15.4 Å². The second-order valence-electron chi connectivity index (χ2n) is 6.12. The number of aliphatic hydroxyl groups is 1. The topological polar surface area (TPSA) is 70.6 Å². The van der Waals surface area contributed by atoms with Crippen LogP contribution >= 0.6 is 0 Å². The van der Waals surface area contributed by atoms with Crippen molar-refractivity contribution in [1.82, 2.24) is 10.6 Å². The van der Waals surface area contributed by atoms with E-state index >= 15 is 0 Å². The molecule has 1 aliphatic carbocycles. The molecule has 3 rings (SSSR count). The largest absolute Gasteiger partial charge is 0.412 e. The Morgan fingerprint density at radius 3 is 2.76 bits per heavy atom. The van der Waals surface area contributed by atoms with Crippen LogP contribution in [0.3, 0.4) is 0 Å². The summed E-state index contributed by atoms with van der Waals surface area (Å²) in [5, 5.41) is 15.4. The van der Waals surface area contributed by atoms with E-state index in [9.17, 15) is 14.3 Å². The van der Waals surface area contributed by atoms with Crippen LogP contribution in [-0.4, -0.2) is 24.3 Å². The van der Waals surface area contributed by atoms with Gasteiger partial charge in [0.15, 0.2) is 0 Å². The molecule has 2 aromatic carbocycles. The lowest BCUT2D eigenvalue weighted by Gasteiger charge is -2.25. The zero-order chi connectivity index (χ0) is 17.8. The van der Waals surface area contributed by atoms with E-state index < -0.39 is 18.1 Å². The van der Waals surface area contributed by atoms with Gasteiger partial charge in [-0.05, 0) is 61.7 Å². The molecule has 1 saturated carbocycles. The van der Waals surface area contributed by atoms with Gasteiger partial charge >= 0.3 is 6.09 Å². The molecule has 1 fully saturated rings. The van der Waals surface area contributed by atoms with Crippen molar-refractivity contribution < 1.29 is 19.0 Å². The molecule has 1 unspecified atom stereocenters. The van der Waals surface area contributed by atoms with Crippen molar-refractivity contribution in [3.8, 4) is 16.9 Å². The van der Waals surface area contributed by atoms with Crippen LogP contribution in [0.25, 0.3) is 11.1 Å². The number of carbonyl (C=O) groups excluding carboxylic acids is 1. The van der Waals surface area contributed by atoms with Crippen molar-refractivity contribution in [2.75, 3.05) is 7.05 Å². The van der Waals surface area contributed by atoms with E-state index in [0.29, 0.717) is 16.7 Å². The van der Waals surface area contributed by atoms with E-state index in [1.165, 1.54) is 18.2 Å². The second kappa shape index (κ2) is 7.63. The second-order valence-corrected chi connectivity index (χ2v) is 6.12. The van der Waals surface area contributed by atoms with Gasteiger partial charge in [0.2, 0.25) is 0 Å². The average Bonchev–Trinajstić information content (AvgIpc) is 2.59. The molecule has 0 aliphatic heterocycles. The average molecular weight is 344 g/mol. The van der Waals surface area contributed by atoms with Crippen molar-refractivity contribution >= 4 is 6.09 Å². The number of nitrogens with one attached hydrogen (secondary N) is 2. The highest BCUT2D eigenvalue weighted by Gasteiger charge is 2.20. The highest BCUT2D eigenvalue weighted by Crippen LogP contribution is 2.29. The van der Waals surface area contributed by atoms with Crippen LogP contribution in [0.1, 0.15) is 31.1 Å². The molecule has 2 aromatic rings. The molecule has 1 amide bonds. The predicted molar refractivity (Wildman–Crippen MR) is 92.7 cm³/mol. The summed E-state index contributed by atoms with van der Waals surface area (Å²) < 4.78 is 19.5. The molecule has 0 saturated heterocycles. The number of halogens is 1. The third kappa shape index (κ3) is 4.15. The molecule has 0 spiro atoms. The lowest BCUT2D eigenvalue weighted by atomic mass is 9.93. The smallest absolute Gasteiger partial charge is 0.410 e. The van der Waals surface area contributed by atoms with Gasteiger partial charge in [0.25, 0.3) is 0 Å². The molecule has 0 radical (unpaired) electrons. The fourth-order valence-corrected chi connectivity index (χ4v) is 2.69. The maximum absolute atomic E-state index is 14.2. The Morgan fingerprint density at radius 1 is 1.28 bits per heavy atom. The Kier molecular flexibility index (Phi) is 5.31. The number of benzene rings is 2. The number of aliphatic hydroxyl groups excluding tert-OH is 1. The molecule has 0 aromatic heterocycles. The maximum atomic E-state index is 14.2. The summed E-state index contributed by atoms with van der Waals surface area (Å²) >= 11 is 0. The summed E-state index contributed by atoms with van der Waals surface area (Å²) in [6, 6.07) is 11.3. The summed E-state index contributed by atoms with van der Waals surface area (Å²) in [6.07, 6.45) is 1.67. The van der Waals surface area contributed by atoms with Gasteiger partial charge in [0.1, 0.15) is 17.8 Å². The lowest BCUT2D eigenvalue weighted by molar-refractivity contribution is 0.149. The van der Waals surface area contributed by atoms with Crippen LogP contribution in [0.2, 0.25) is 0 Å². The highest BCUT2D eigenvalue weighted by atomic mass is 19.1. The van der Waals surface area contributed by atoms with E-state index in [-0.39, 0.29) is 11.8 Å². The minimum atomic E-state index is -0.837. The number of carbonyl (C=O) groups is 1. The van der Waals surface area contributed by atoms with Gasteiger partial charge in [-0.25, -0.2) is 9.18 Å². The Morgan fingerprint density at radius 2 is 2.08 bits per heavy atom. The van der Waals surface area contributed by atoms with Gasteiger partial charge in [-0.15, -0.1) is 0 Å². The van der Waals surface area contributed by atoms with Crippen LogP contribution in [0, 0.1) is 5.82 Å². The van der Waals surface area contributed by atoms with E-state index in [0.717, 1.165) is 19.3 Å². The molecule has 6 heteroatoms. The Bertz CT molecular complexity index is 762. The highest BCUT2D eigenvalue weighted by molar-refractivity contribution is 5.73. The fraction of sp³-hybridized carbons (Fsp3) is 0.316. The van der Waals surface area contributed by atoms with Crippen molar-refractivity contribution in [3.63, 3.8) is 0 Å². The first-order valence-corrected chi connectivity index (χ1v) is 8.30. The first-order valence-electron chi connectivity index (χ1n) is 8.30. The molecule has 0 heterocycles. The van der Waals surface area contributed by atoms with Crippen LogP contribution in [0.4, 0.5) is 9.18 Å². The summed E-state index contributed by atoms with van der Waals surface area (Å²) in [5.74, 6) is -0.157. The number of hydrogen-bond donors (Lipinski definition) is 3. The standard InChI is InChI=1S/C19H21FN2O3/c1-21-18(23)13-5-2-4-12(10-13)16-11-15(8-9-17(16)20)25-19(24)22-14-6-3-7-14/h2,4-5,8-11,14,18,21,23H,3,6-7H2,1H3,(H,22,24). The minimum absolute atomic E-state index is 0.173. The zero-order valence-corrected chi connectivity index (χ0v) is 14.0. The minimum Gasteiger partial charge on any atom is -0.410 e. The van der Waals surface area contributed by atoms with Crippen molar-refractivity contribution in [1.29, 1.82) is 0 Å². The maximum Gasteiger partial charge on any atom is 0.412 e. The van der Waals surface area contributed by atoms with Crippen molar-refractivity contribution in [2.24, 2.45) is 0 Å². The van der Waals surface area contributed by atoms with Gasteiger partial charge < -0.3 is 15.2 Å². The van der Waals surface area contributed by atoms with Gasteiger partial charge in [-0.3, -0.25) is 5.32 Å². The molecule has 1 aliphatic rings. The third-order valence-electron chi connectivity index (χ3n) is 4.36. The molecule has 5 nitrogen and oxygen atoms in total. The SMILES string of the molecule is CNC(O)c1cccc(-c2cc(OC(=O)NC3CCC3)ccc2F)c1. The molecular formula is C19H21FN2O3. The first-order chi connectivity index (χ1) is 12.1. The third-order valence-corrected chi connectivity index (χ3v) is 4.36. The first kappa shape index (κ1) is 17.4. The van der Waals surface area contributed by atoms with Crippen molar-refractivity contribution in [2.45, 2.75) is 31.5 Å². The van der Waals surface area contributed by atoms with E-state index in [4.69, 9.17) is 4.74 Å². The fourth-order valence-electron chi connectivity index (χ4n) is 2.69. The molecule has 25 heavy (non-hydrogen) atoms. The van der Waals surface area contributed by atoms with E-state index in [1.54, 1.807) is 31.3 Å². The number of amides is 1. The molecule has 0 bridgehead atoms. The van der Waals surface area contributed by atoms with Gasteiger partial charge in [-0.1, -0.05) is 18.2 Å². The molecule has 3 N–H and O–H groups in total. The number of hydrogen-bond acceptors (Lipinski definition) is 4. The van der Waals surface area contributed by atoms with Gasteiger partial charge in [-0.2, -0.15) is 0 Å². The Labute approximate surface area is 145 Å². The number of ether oxygens (including phenoxy) is 1. The molecule has 132 valence electrons. The predicted octanol–water partition coefficient (Wildman–Crippen LogP) is 3.34. The van der Waals surface area contributed by atoms with Gasteiger partial charge in [0, 0.05) is 11.6 Å². The lowest BCUT2D eigenvalue weighted by Crippen LogP contribution is -2.41. The summed E-state index contributed by atoms with van der Waals surface area (Å²) in [6.45, 7) is 0. The zero-order valence-electron chi connectivity index (χ0n) is 14.0. The summed E-state index contributed by atoms with van der Waals surface area (Å²) in [4.78, 5) is 11.9. The quantitative estimate of drug-likeness (QED) is 0.728. The van der Waals surface area contributed by atoms with Crippen LogP contribution in [-0.2, 0) is 0 Å². The van der Waals surface area contributed by atoms with E-state index in [1.807, 2.05) is 0 Å². The Hall–Kier alpha value is -2.44. The van der Waals surface area contributed by atoms with Crippen molar-refractivity contribution in [3.05, 3.63) is 53.8 Å². The normalized spacial score (nSPS) is 15.3. The van der Waals surface area contributed by atoms with E-state index in [2.05, 4.69) is 10.6 Å². The Balaban J connectivity index is 1.80. The monoisotopic (exact) mass is 344 g/mol. The molecular weight excluding hydrogens is 323 g/mol. The van der Waals surface area contributed by atoms with Gasteiger partial charge in [0.05, 0.1) is 0 Å². The van der Waals surface area contributed by atoms with Crippen LogP contribution in [0.5, 0.6) is 5.75 Å². The van der Waals surface area contributed by atoms with Crippen LogP contribution in [0.15, 0.2) is 42.5 Å².